The Morgan fingerprint density at radius 3 is 2.56 bits per heavy atom. The number of carbonyl (C=O) groups is 2. The number of amides is 2. The molecule has 0 aromatic heterocycles. The summed E-state index contributed by atoms with van der Waals surface area (Å²) in [6.45, 7) is 0.867. The third kappa shape index (κ3) is 3.57. The Kier molecular flexibility index (Phi) is 4.88. The lowest BCUT2D eigenvalue weighted by atomic mass is 10.1. The first kappa shape index (κ1) is 16.8. The van der Waals surface area contributed by atoms with Crippen molar-refractivity contribution in [2.45, 2.75) is 6.42 Å². The molecule has 1 N–H and O–H groups in total. The molecule has 1 aliphatic heterocycles. The molecule has 1 aliphatic rings. The number of benzene rings is 2. The van der Waals surface area contributed by atoms with Gasteiger partial charge in [0.2, 0.25) is 11.8 Å². The van der Waals surface area contributed by atoms with E-state index >= 15 is 0 Å². The van der Waals surface area contributed by atoms with Gasteiger partial charge in [0, 0.05) is 18.7 Å². The van der Waals surface area contributed by atoms with E-state index in [1.54, 1.807) is 42.3 Å². The van der Waals surface area contributed by atoms with E-state index in [-0.39, 0.29) is 30.5 Å². The molecule has 6 heteroatoms. The Morgan fingerprint density at radius 1 is 1.12 bits per heavy atom. The fourth-order valence-corrected chi connectivity index (χ4v) is 2.93. The van der Waals surface area contributed by atoms with Gasteiger partial charge >= 0.3 is 0 Å². The average molecular weight is 340 g/mol. The van der Waals surface area contributed by atoms with E-state index < -0.39 is 0 Å². The highest BCUT2D eigenvalue weighted by molar-refractivity contribution is 5.99. The van der Waals surface area contributed by atoms with E-state index in [1.165, 1.54) is 4.90 Å². The number of carbonyl (C=O) groups excluding carboxylic acids is 2. The van der Waals surface area contributed by atoms with Crippen LogP contribution in [0.1, 0.15) is 5.56 Å². The van der Waals surface area contributed by atoms with E-state index in [0.717, 1.165) is 0 Å². The first-order valence-electron chi connectivity index (χ1n) is 8.08. The lowest BCUT2D eigenvalue weighted by Gasteiger charge is -2.35. The maximum Gasteiger partial charge on any atom is 0.246 e. The summed E-state index contributed by atoms with van der Waals surface area (Å²) in [7, 11) is 1.56. The molecule has 6 nitrogen and oxygen atoms in total. The topological polar surface area (TPSA) is 70.1 Å². The van der Waals surface area contributed by atoms with Gasteiger partial charge in [0.25, 0.3) is 0 Å². The van der Waals surface area contributed by atoms with Gasteiger partial charge < -0.3 is 19.6 Å². The minimum absolute atomic E-state index is 0.0183. The van der Waals surface area contributed by atoms with Gasteiger partial charge in [-0.3, -0.25) is 9.59 Å². The minimum Gasteiger partial charge on any atom is -0.508 e. The Bertz CT molecular complexity index is 790. The Balaban J connectivity index is 1.68. The molecule has 1 saturated heterocycles. The largest absolute Gasteiger partial charge is 0.508 e. The summed E-state index contributed by atoms with van der Waals surface area (Å²) in [6.07, 6.45) is 0.0780. The zero-order chi connectivity index (χ0) is 17.8. The molecule has 0 radical (unpaired) electrons. The van der Waals surface area contributed by atoms with Gasteiger partial charge in [-0.25, -0.2) is 0 Å². The van der Waals surface area contributed by atoms with Gasteiger partial charge in [-0.15, -0.1) is 0 Å². The number of hydrogen-bond acceptors (Lipinski definition) is 4. The first-order chi connectivity index (χ1) is 12.1. The van der Waals surface area contributed by atoms with Crippen LogP contribution in [0.3, 0.4) is 0 Å². The van der Waals surface area contributed by atoms with Crippen LogP contribution in [-0.4, -0.2) is 48.6 Å². The highest BCUT2D eigenvalue weighted by Crippen LogP contribution is 2.29. The van der Waals surface area contributed by atoms with Crippen LogP contribution in [0, 0.1) is 0 Å². The second-order valence-corrected chi connectivity index (χ2v) is 5.84. The molecule has 0 saturated carbocycles. The summed E-state index contributed by atoms with van der Waals surface area (Å²) in [5.41, 5.74) is 1.27. The number of nitrogens with zero attached hydrogens (tertiary/aromatic N) is 2. The van der Waals surface area contributed by atoms with Crippen molar-refractivity contribution in [3.8, 4) is 11.5 Å². The molecule has 0 aliphatic carbocycles. The van der Waals surface area contributed by atoms with Crippen molar-refractivity contribution in [2.75, 3.05) is 31.6 Å². The molecule has 2 aromatic rings. The molecule has 3 rings (SSSR count). The maximum atomic E-state index is 12.5. The number of phenols is 1. The molecule has 2 aromatic carbocycles. The molecule has 25 heavy (non-hydrogen) atoms. The number of rotatable bonds is 4. The summed E-state index contributed by atoms with van der Waals surface area (Å²) in [6, 6.07) is 14.1. The smallest absolute Gasteiger partial charge is 0.246 e. The molecule has 0 bridgehead atoms. The van der Waals surface area contributed by atoms with Crippen molar-refractivity contribution in [3.63, 3.8) is 0 Å². The van der Waals surface area contributed by atoms with Crippen LogP contribution in [0.5, 0.6) is 11.5 Å². The Hall–Kier alpha value is -3.02. The second kappa shape index (κ2) is 7.25. The summed E-state index contributed by atoms with van der Waals surface area (Å²) in [5, 5.41) is 9.80. The summed E-state index contributed by atoms with van der Waals surface area (Å²) < 4.78 is 5.31. The normalized spacial score (nSPS) is 14.5. The number of methoxy groups -OCH3 is 1. The van der Waals surface area contributed by atoms with Gasteiger partial charge in [-0.05, 0) is 18.2 Å². The van der Waals surface area contributed by atoms with Gasteiger partial charge in [0.15, 0.2) is 0 Å². The number of anilines is 1. The summed E-state index contributed by atoms with van der Waals surface area (Å²) in [5.74, 6) is 0.399. The second-order valence-electron chi connectivity index (χ2n) is 5.84. The number of hydrogen-bond donors (Lipinski definition) is 1. The number of aromatic hydroxyl groups is 1. The van der Waals surface area contributed by atoms with Crippen molar-refractivity contribution in [1.29, 1.82) is 0 Å². The van der Waals surface area contributed by atoms with Crippen molar-refractivity contribution >= 4 is 17.5 Å². The zero-order valence-electron chi connectivity index (χ0n) is 14.0. The van der Waals surface area contributed by atoms with Crippen LogP contribution in [0.25, 0.3) is 0 Å². The molecule has 1 heterocycles. The molecular weight excluding hydrogens is 320 g/mol. The summed E-state index contributed by atoms with van der Waals surface area (Å²) in [4.78, 5) is 28.1. The van der Waals surface area contributed by atoms with E-state index in [1.807, 2.05) is 18.2 Å². The average Bonchev–Trinajstić information content (AvgIpc) is 2.63. The van der Waals surface area contributed by atoms with Crippen molar-refractivity contribution in [2.24, 2.45) is 0 Å². The third-order valence-corrected chi connectivity index (χ3v) is 4.28. The predicted molar refractivity (Wildman–Crippen MR) is 93.7 cm³/mol. The number of piperazine rings is 1. The SMILES string of the molecule is COc1ccccc1N1CCN(C(=O)Cc2ccccc2O)CC1=O. The standard InChI is InChI=1S/C19H20N2O4/c1-25-17-9-5-3-7-15(17)21-11-10-20(13-19(21)24)18(23)12-14-6-2-4-8-16(14)22/h2-9,22H,10-13H2,1H3. The predicted octanol–water partition coefficient (Wildman–Crippen LogP) is 1.82. The summed E-state index contributed by atoms with van der Waals surface area (Å²) >= 11 is 0. The van der Waals surface area contributed by atoms with Crippen LogP contribution in [0.4, 0.5) is 5.69 Å². The van der Waals surface area contributed by atoms with E-state index in [9.17, 15) is 14.7 Å². The number of phenolic OH excluding ortho intramolecular Hbond substituents is 1. The fourth-order valence-electron chi connectivity index (χ4n) is 2.93. The molecule has 1 fully saturated rings. The molecule has 0 atom stereocenters. The first-order valence-corrected chi connectivity index (χ1v) is 8.08. The number of ether oxygens (including phenoxy) is 1. The van der Waals surface area contributed by atoms with Gasteiger partial charge in [0.05, 0.1) is 19.2 Å². The quantitative estimate of drug-likeness (QED) is 0.922. The van der Waals surface area contributed by atoms with Crippen LogP contribution in [0.15, 0.2) is 48.5 Å². The number of para-hydroxylation sites is 3. The maximum absolute atomic E-state index is 12.5. The van der Waals surface area contributed by atoms with Crippen molar-refractivity contribution < 1.29 is 19.4 Å². The van der Waals surface area contributed by atoms with Crippen LogP contribution in [0.2, 0.25) is 0 Å². The molecule has 0 spiro atoms. The fraction of sp³-hybridized carbons (Fsp3) is 0.263. The molecular formula is C19H20N2O4. The van der Waals surface area contributed by atoms with E-state index in [0.29, 0.717) is 30.1 Å². The molecule has 130 valence electrons. The lowest BCUT2D eigenvalue weighted by Crippen LogP contribution is -2.52. The van der Waals surface area contributed by atoms with Gasteiger partial charge in [-0.2, -0.15) is 0 Å². The molecule has 2 amide bonds. The monoisotopic (exact) mass is 340 g/mol. The lowest BCUT2D eigenvalue weighted by molar-refractivity contribution is -0.136. The Labute approximate surface area is 146 Å². The highest BCUT2D eigenvalue weighted by Gasteiger charge is 2.29. The van der Waals surface area contributed by atoms with Crippen molar-refractivity contribution in [3.05, 3.63) is 54.1 Å². The van der Waals surface area contributed by atoms with E-state index in [4.69, 9.17) is 4.74 Å². The van der Waals surface area contributed by atoms with Crippen LogP contribution < -0.4 is 9.64 Å². The van der Waals surface area contributed by atoms with E-state index in [2.05, 4.69) is 0 Å². The zero-order valence-corrected chi connectivity index (χ0v) is 14.0. The van der Waals surface area contributed by atoms with Crippen LogP contribution >= 0.6 is 0 Å². The van der Waals surface area contributed by atoms with Gasteiger partial charge in [0.1, 0.15) is 18.0 Å². The third-order valence-electron chi connectivity index (χ3n) is 4.28. The molecule has 0 unspecified atom stereocenters. The highest BCUT2D eigenvalue weighted by atomic mass is 16.5. The minimum atomic E-state index is -0.172. The van der Waals surface area contributed by atoms with Crippen molar-refractivity contribution in [1.82, 2.24) is 4.90 Å². The Morgan fingerprint density at radius 2 is 1.84 bits per heavy atom. The van der Waals surface area contributed by atoms with Gasteiger partial charge in [-0.1, -0.05) is 30.3 Å². The van der Waals surface area contributed by atoms with Crippen LogP contribution in [-0.2, 0) is 16.0 Å².